The van der Waals surface area contributed by atoms with Crippen LogP contribution in [0.3, 0.4) is 0 Å². The van der Waals surface area contributed by atoms with Gasteiger partial charge >= 0.3 is 6.03 Å². The first-order valence-corrected chi connectivity index (χ1v) is 8.64. The summed E-state index contributed by atoms with van der Waals surface area (Å²) in [5.74, 6) is -0.615. The molecule has 7 heteroatoms. The average molecular weight is 368 g/mol. The van der Waals surface area contributed by atoms with Crippen molar-refractivity contribution < 1.29 is 14.0 Å². The minimum Gasteiger partial charge on any atom is -0.336 e. The van der Waals surface area contributed by atoms with Crippen molar-refractivity contribution in [2.75, 3.05) is 23.8 Å². The molecule has 0 saturated heterocycles. The Bertz CT molecular complexity index is 924. The molecule has 1 aliphatic heterocycles. The molecule has 2 aromatic rings. The van der Waals surface area contributed by atoms with E-state index in [4.69, 9.17) is 0 Å². The highest BCUT2D eigenvalue weighted by Crippen LogP contribution is 2.29. The number of aliphatic imine (C=N–C) groups is 1. The van der Waals surface area contributed by atoms with Gasteiger partial charge in [-0.3, -0.25) is 9.79 Å². The van der Waals surface area contributed by atoms with Gasteiger partial charge in [-0.2, -0.15) is 0 Å². The van der Waals surface area contributed by atoms with E-state index in [1.807, 2.05) is 13.8 Å². The Labute approximate surface area is 157 Å². The molecule has 0 fully saturated rings. The molecule has 0 aromatic heterocycles. The van der Waals surface area contributed by atoms with Crippen LogP contribution in [0.15, 0.2) is 47.5 Å². The second kappa shape index (κ2) is 7.57. The summed E-state index contributed by atoms with van der Waals surface area (Å²) in [6, 6.07) is 11.1. The summed E-state index contributed by atoms with van der Waals surface area (Å²) in [5, 5.41) is 5.50. The molecule has 0 saturated carbocycles. The zero-order chi connectivity index (χ0) is 19.6. The fourth-order valence-corrected chi connectivity index (χ4v) is 2.88. The number of likely N-dealkylation sites (N-methyl/N-ethyl adjacent to an activating group) is 1. The van der Waals surface area contributed by atoms with E-state index in [0.29, 0.717) is 28.2 Å². The van der Waals surface area contributed by atoms with E-state index in [1.54, 1.807) is 43.4 Å². The van der Waals surface area contributed by atoms with Crippen LogP contribution in [-0.2, 0) is 4.79 Å². The minimum atomic E-state index is -0.421. The Balaban J connectivity index is 2.07. The lowest BCUT2D eigenvalue weighted by Gasteiger charge is -2.19. The van der Waals surface area contributed by atoms with Gasteiger partial charge in [0.05, 0.1) is 11.4 Å². The number of carbonyl (C=O) groups excluding carboxylic acids is 2. The summed E-state index contributed by atoms with van der Waals surface area (Å²) in [6.07, 6.45) is 0. The van der Waals surface area contributed by atoms with Crippen molar-refractivity contribution in [3.63, 3.8) is 0 Å². The molecular formula is C20H21FN4O2. The van der Waals surface area contributed by atoms with Crippen LogP contribution in [0.2, 0.25) is 0 Å². The third kappa shape index (κ3) is 3.97. The Morgan fingerprint density at radius 1 is 1.19 bits per heavy atom. The number of nitrogens with zero attached hydrogens (tertiary/aromatic N) is 2. The average Bonchev–Trinajstić information content (AvgIpc) is 2.72. The maximum atomic E-state index is 14.4. The molecule has 1 heterocycles. The summed E-state index contributed by atoms with van der Waals surface area (Å²) >= 11 is 0. The van der Waals surface area contributed by atoms with Gasteiger partial charge in [0.15, 0.2) is 0 Å². The zero-order valence-corrected chi connectivity index (χ0v) is 15.4. The molecule has 3 amide bonds. The van der Waals surface area contributed by atoms with E-state index in [0.717, 1.165) is 0 Å². The molecule has 1 aliphatic rings. The summed E-state index contributed by atoms with van der Waals surface area (Å²) < 4.78 is 14.4. The number of rotatable bonds is 3. The van der Waals surface area contributed by atoms with Crippen molar-refractivity contribution in [2.45, 2.75) is 19.9 Å². The fraction of sp³-hybridized carbons (Fsp3) is 0.250. The molecule has 6 nitrogen and oxygen atoms in total. The van der Waals surface area contributed by atoms with Gasteiger partial charge in [0, 0.05) is 29.9 Å². The normalized spacial score (nSPS) is 13.7. The number of benzodiazepines with no additional fused rings is 1. The summed E-state index contributed by atoms with van der Waals surface area (Å²) in [6.45, 7) is 3.64. The first kappa shape index (κ1) is 18.6. The molecule has 140 valence electrons. The molecule has 0 radical (unpaired) electrons. The van der Waals surface area contributed by atoms with Crippen LogP contribution >= 0.6 is 0 Å². The molecule has 0 aliphatic carbocycles. The van der Waals surface area contributed by atoms with Gasteiger partial charge in [0.25, 0.3) is 0 Å². The van der Waals surface area contributed by atoms with E-state index in [1.165, 1.54) is 11.0 Å². The van der Waals surface area contributed by atoms with E-state index in [2.05, 4.69) is 15.6 Å². The highest BCUT2D eigenvalue weighted by Gasteiger charge is 2.24. The van der Waals surface area contributed by atoms with Gasteiger partial charge in [-0.15, -0.1) is 0 Å². The summed E-state index contributed by atoms with van der Waals surface area (Å²) in [4.78, 5) is 30.1. The summed E-state index contributed by atoms with van der Waals surface area (Å²) in [7, 11) is 1.65. The van der Waals surface area contributed by atoms with Crippen LogP contribution in [0.1, 0.15) is 25.0 Å². The van der Waals surface area contributed by atoms with E-state index in [-0.39, 0.29) is 24.5 Å². The molecule has 2 N–H and O–H groups in total. The number of halogens is 1. The number of amides is 3. The van der Waals surface area contributed by atoms with Crippen molar-refractivity contribution in [3.8, 4) is 0 Å². The Morgan fingerprint density at radius 3 is 2.63 bits per heavy atom. The molecule has 2 aromatic carbocycles. The number of anilines is 2. The third-order valence-corrected chi connectivity index (χ3v) is 4.17. The van der Waals surface area contributed by atoms with Crippen molar-refractivity contribution in [1.82, 2.24) is 5.32 Å². The topological polar surface area (TPSA) is 73.8 Å². The number of urea groups is 1. The van der Waals surface area contributed by atoms with E-state index >= 15 is 0 Å². The highest BCUT2D eigenvalue weighted by molar-refractivity contribution is 6.20. The van der Waals surface area contributed by atoms with Gasteiger partial charge in [0.2, 0.25) is 5.91 Å². The highest BCUT2D eigenvalue weighted by atomic mass is 19.1. The van der Waals surface area contributed by atoms with E-state index < -0.39 is 5.82 Å². The lowest BCUT2D eigenvalue weighted by atomic mass is 9.99. The van der Waals surface area contributed by atoms with E-state index in [9.17, 15) is 14.0 Å². The quantitative estimate of drug-likeness (QED) is 0.873. The number of benzene rings is 2. The first-order valence-electron chi connectivity index (χ1n) is 8.64. The van der Waals surface area contributed by atoms with Crippen LogP contribution in [0.25, 0.3) is 0 Å². The van der Waals surface area contributed by atoms with Gasteiger partial charge < -0.3 is 15.5 Å². The largest absolute Gasteiger partial charge is 0.336 e. The Hall–Kier alpha value is -3.22. The van der Waals surface area contributed by atoms with Crippen molar-refractivity contribution >= 4 is 29.0 Å². The standard InChI is InChI=1S/C20H21FN4O2/c1-12(2)23-20(27)24-13-8-9-17-15(10-13)19(22-11-18(26)25(17)3)14-6-4-5-7-16(14)21/h4-10,12H,11H2,1-3H3,(H2,23,24,27). The number of fused-ring (bicyclic) bond motifs is 1. The minimum absolute atomic E-state index is 0.00915. The second-order valence-corrected chi connectivity index (χ2v) is 6.58. The number of hydrogen-bond donors (Lipinski definition) is 2. The van der Waals surface area contributed by atoms with Crippen molar-refractivity contribution in [1.29, 1.82) is 0 Å². The van der Waals surface area contributed by atoms with Gasteiger partial charge in [-0.1, -0.05) is 12.1 Å². The predicted octanol–water partition coefficient (Wildman–Crippen LogP) is 3.17. The smallest absolute Gasteiger partial charge is 0.319 e. The third-order valence-electron chi connectivity index (χ3n) is 4.17. The van der Waals surface area contributed by atoms with Crippen molar-refractivity contribution in [3.05, 3.63) is 59.4 Å². The molecule has 0 atom stereocenters. The maximum Gasteiger partial charge on any atom is 0.319 e. The van der Waals surface area contributed by atoms with Crippen LogP contribution in [0, 0.1) is 5.82 Å². The van der Waals surface area contributed by atoms with Crippen LogP contribution < -0.4 is 15.5 Å². The number of hydrogen-bond acceptors (Lipinski definition) is 3. The summed E-state index contributed by atoms with van der Waals surface area (Å²) in [5.41, 5.74) is 2.41. The monoisotopic (exact) mass is 368 g/mol. The van der Waals surface area contributed by atoms with Gasteiger partial charge in [-0.05, 0) is 44.2 Å². The zero-order valence-electron chi connectivity index (χ0n) is 15.4. The molecular weight excluding hydrogens is 347 g/mol. The number of nitrogens with one attached hydrogen (secondary N) is 2. The first-order chi connectivity index (χ1) is 12.9. The fourth-order valence-electron chi connectivity index (χ4n) is 2.88. The maximum absolute atomic E-state index is 14.4. The van der Waals surface area contributed by atoms with Crippen LogP contribution in [-0.4, -0.2) is 37.3 Å². The lowest BCUT2D eigenvalue weighted by Crippen LogP contribution is -2.34. The Morgan fingerprint density at radius 2 is 1.93 bits per heavy atom. The lowest BCUT2D eigenvalue weighted by molar-refractivity contribution is -0.116. The Kier molecular flexibility index (Phi) is 5.21. The SMILES string of the molecule is CC(C)NC(=O)Nc1ccc2c(c1)C(c1ccccc1F)=NCC(=O)N2C. The van der Waals surface area contributed by atoms with Gasteiger partial charge in [-0.25, -0.2) is 9.18 Å². The predicted molar refractivity (Wildman–Crippen MR) is 104 cm³/mol. The molecule has 0 bridgehead atoms. The van der Waals surface area contributed by atoms with Crippen LogP contribution in [0.4, 0.5) is 20.6 Å². The molecule has 0 spiro atoms. The van der Waals surface area contributed by atoms with Crippen molar-refractivity contribution in [2.24, 2.45) is 4.99 Å². The van der Waals surface area contributed by atoms with Crippen LogP contribution in [0.5, 0.6) is 0 Å². The number of carbonyl (C=O) groups is 2. The van der Waals surface area contributed by atoms with Gasteiger partial charge in [0.1, 0.15) is 12.4 Å². The molecule has 3 rings (SSSR count). The molecule has 27 heavy (non-hydrogen) atoms. The second-order valence-electron chi connectivity index (χ2n) is 6.58. The molecule has 0 unspecified atom stereocenters.